The maximum atomic E-state index is 13.0. The number of hydrogen-bond donors (Lipinski definition) is 10. The van der Waals surface area contributed by atoms with Gasteiger partial charge in [-0.25, -0.2) is 9.48 Å². The summed E-state index contributed by atoms with van der Waals surface area (Å²) in [6.45, 7) is 7.50. The van der Waals surface area contributed by atoms with Gasteiger partial charge in [0, 0.05) is 6.20 Å². The fourth-order valence-corrected chi connectivity index (χ4v) is 6.74. The predicted molar refractivity (Wildman–Crippen MR) is 176 cm³/mol. The maximum absolute atomic E-state index is 13.0. The SMILES string of the molecule is CCC(C)(C(=O)OC[Si](C)(C)C)n1cc(CC[C@@H]2OC(CO)[C@@H](O[C@H]3OC(CO)[C@@H](O[C@H]4OC(CO)[C@@H](O)[C@H](O)C4O)[C@H](O)C3O)[C@H](O)C2O)nn1. The van der Waals surface area contributed by atoms with E-state index in [-0.39, 0.29) is 12.8 Å². The minimum atomic E-state index is -1.93. The largest absolute Gasteiger partial charge is 0.468 e. The number of ether oxygens (including phenoxy) is 6. The molecule has 52 heavy (non-hydrogen) atoms. The van der Waals surface area contributed by atoms with E-state index in [1.54, 1.807) is 13.1 Å². The molecule has 4 rings (SSSR count). The van der Waals surface area contributed by atoms with Crippen LogP contribution in [0.25, 0.3) is 0 Å². The number of aromatic nitrogens is 3. The molecule has 3 aliphatic rings. The van der Waals surface area contributed by atoms with Gasteiger partial charge in [0.05, 0.1) is 45.9 Å². The molecule has 0 saturated carbocycles. The van der Waals surface area contributed by atoms with E-state index in [0.717, 1.165) is 0 Å². The van der Waals surface area contributed by atoms with Gasteiger partial charge in [-0.15, -0.1) is 5.10 Å². The van der Waals surface area contributed by atoms with Crippen LogP contribution < -0.4 is 0 Å². The Morgan fingerprint density at radius 1 is 0.769 bits per heavy atom. The van der Waals surface area contributed by atoms with Gasteiger partial charge < -0.3 is 79.5 Å². The third-order valence-electron chi connectivity index (χ3n) is 9.71. The summed E-state index contributed by atoms with van der Waals surface area (Å²) in [6.07, 6.45) is -21.4. The van der Waals surface area contributed by atoms with E-state index in [1.807, 2.05) is 6.92 Å². The van der Waals surface area contributed by atoms with Gasteiger partial charge in [0.25, 0.3) is 0 Å². The van der Waals surface area contributed by atoms with Crippen LogP contribution in [-0.2, 0) is 45.2 Å². The van der Waals surface area contributed by atoms with Gasteiger partial charge in [0.2, 0.25) is 0 Å². The zero-order chi connectivity index (χ0) is 38.7. The Balaban J connectivity index is 1.38. The number of nitrogens with zero attached hydrogens (tertiary/aromatic N) is 3. The Labute approximate surface area is 301 Å². The van der Waals surface area contributed by atoms with Crippen LogP contribution in [0.15, 0.2) is 6.20 Å². The second-order valence-corrected chi connectivity index (χ2v) is 20.3. The summed E-state index contributed by atoms with van der Waals surface area (Å²) in [7, 11) is -1.66. The molecule has 0 aliphatic carbocycles. The molecule has 0 spiro atoms. The molecule has 7 unspecified atom stereocenters. The molecular weight excluding hydrogens is 714 g/mol. The topological polar surface area (TPSA) is 305 Å². The fraction of sp³-hybridized carbons (Fsp3) is 0.903. The number of aliphatic hydroxyl groups is 10. The van der Waals surface area contributed by atoms with Gasteiger partial charge in [0.1, 0.15) is 73.2 Å². The lowest BCUT2D eigenvalue weighted by Crippen LogP contribution is -2.66. The number of rotatable bonds is 15. The summed E-state index contributed by atoms with van der Waals surface area (Å²) in [5.74, 6) is -0.429. The van der Waals surface area contributed by atoms with E-state index in [1.165, 1.54) is 4.68 Å². The minimum Gasteiger partial charge on any atom is -0.468 e. The first-order valence-electron chi connectivity index (χ1n) is 17.4. The molecule has 1 aromatic rings. The minimum absolute atomic E-state index is 0.105. The highest BCUT2D eigenvalue weighted by atomic mass is 28.3. The van der Waals surface area contributed by atoms with Crippen molar-refractivity contribution in [3.63, 3.8) is 0 Å². The molecule has 16 atom stereocenters. The zero-order valence-corrected chi connectivity index (χ0v) is 30.9. The monoisotopic (exact) mass is 769 g/mol. The van der Waals surface area contributed by atoms with E-state index in [0.29, 0.717) is 18.3 Å². The van der Waals surface area contributed by atoms with Gasteiger partial charge >= 0.3 is 5.97 Å². The molecule has 0 amide bonds. The van der Waals surface area contributed by atoms with E-state index in [2.05, 4.69) is 30.0 Å². The summed E-state index contributed by atoms with van der Waals surface area (Å²) in [6, 6.07) is 0. The third kappa shape index (κ3) is 9.36. The van der Waals surface area contributed by atoms with Gasteiger partial charge in [0.15, 0.2) is 18.1 Å². The van der Waals surface area contributed by atoms with E-state index >= 15 is 0 Å². The Hall–Kier alpha value is -1.77. The molecule has 300 valence electrons. The summed E-state index contributed by atoms with van der Waals surface area (Å²) in [5, 5.41) is 112. The number of esters is 1. The van der Waals surface area contributed by atoms with Crippen LogP contribution in [0.3, 0.4) is 0 Å². The van der Waals surface area contributed by atoms with E-state index < -0.39 is 131 Å². The normalized spacial score (nSPS) is 39.9. The first kappa shape index (κ1) is 43.0. The van der Waals surface area contributed by atoms with Crippen LogP contribution >= 0.6 is 0 Å². The van der Waals surface area contributed by atoms with Crippen LogP contribution in [-0.4, -0.2) is 198 Å². The summed E-state index contributed by atoms with van der Waals surface area (Å²) in [5.41, 5.74) is -0.639. The molecule has 0 aromatic carbocycles. The maximum Gasteiger partial charge on any atom is 0.333 e. The Bertz CT molecular complexity index is 1290. The lowest BCUT2D eigenvalue weighted by molar-refractivity contribution is -0.372. The molecule has 10 N–H and O–H groups in total. The van der Waals surface area contributed by atoms with Gasteiger partial charge in [-0.05, 0) is 26.2 Å². The second kappa shape index (κ2) is 17.8. The highest BCUT2D eigenvalue weighted by Crippen LogP contribution is 2.33. The average Bonchev–Trinajstić information content (AvgIpc) is 3.60. The molecule has 3 fully saturated rings. The molecule has 0 bridgehead atoms. The highest BCUT2D eigenvalue weighted by Gasteiger charge is 2.53. The quantitative estimate of drug-likeness (QED) is 0.0592. The van der Waals surface area contributed by atoms with Gasteiger partial charge in [-0.2, -0.15) is 0 Å². The molecule has 4 heterocycles. The first-order chi connectivity index (χ1) is 24.4. The number of aliphatic hydroxyl groups excluding tert-OH is 10. The van der Waals surface area contributed by atoms with Gasteiger partial charge in [-0.3, -0.25) is 0 Å². The van der Waals surface area contributed by atoms with Crippen molar-refractivity contribution in [1.82, 2.24) is 15.0 Å². The van der Waals surface area contributed by atoms with Crippen molar-refractivity contribution in [3.05, 3.63) is 11.9 Å². The molecule has 0 radical (unpaired) electrons. The average molecular weight is 770 g/mol. The lowest BCUT2D eigenvalue weighted by atomic mass is 9.92. The molecular formula is C31H55N3O17Si. The molecule has 1 aromatic heterocycles. The number of hydrogen-bond acceptors (Lipinski definition) is 19. The van der Waals surface area contributed by atoms with Crippen molar-refractivity contribution in [1.29, 1.82) is 0 Å². The van der Waals surface area contributed by atoms with Crippen molar-refractivity contribution in [2.75, 3.05) is 26.1 Å². The second-order valence-electron chi connectivity index (χ2n) is 14.9. The van der Waals surface area contributed by atoms with Crippen molar-refractivity contribution < 1.29 is 84.3 Å². The number of carbonyl (C=O) groups is 1. The van der Waals surface area contributed by atoms with E-state index in [9.17, 15) is 55.9 Å². The Kier molecular flexibility index (Phi) is 14.7. The smallest absolute Gasteiger partial charge is 0.333 e. The van der Waals surface area contributed by atoms with Crippen LogP contribution in [0.2, 0.25) is 19.6 Å². The first-order valence-corrected chi connectivity index (χ1v) is 21.1. The van der Waals surface area contributed by atoms with Gasteiger partial charge in [-0.1, -0.05) is 31.8 Å². The Morgan fingerprint density at radius 3 is 1.81 bits per heavy atom. The van der Waals surface area contributed by atoms with Crippen LogP contribution in [0, 0.1) is 0 Å². The zero-order valence-electron chi connectivity index (χ0n) is 29.9. The predicted octanol–water partition coefficient (Wildman–Crippen LogP) is -4.75. The molecule has 3 aliphatic heterocycles. The molecule has 21 heteroatoms. The number of aryl methyl sites for hydroxylation is 1. The highest BCUT2D eigenvalue weighted by molar-refractivity contribution is 6.76. The van der Waals surface area contributed by atoms with Crippen LogP contribution in [0.1, 0.15) is 32.4 Å². The standard InChI is InChI=1S/C31H55N3O17Si/c1-6-31(2,30(45)46-13-52(3,4)5)34-9-14(32-33-34)7-8-15-19(38)22(41)26(17(11-36)47-15)50-29-25(44)23(42)27(18(12-37)49-29)51-28-24(43)21(40)20(39)16(10-35)48-28/h9,15-29,35-44H,6-8,10-13H2,1-5H3/t15-,16?,17?,18?,19?,20+,21-,22+,23+,24?,25?,26+,27+,28+,29+,31?/m0/s1. The summed E-state index contributed by atoms with van der Waals surface area (Å²) >= 11 is 0. The van der Waals surface area contributed by atoms with E-state index in [4.69, 9.17) is 28.4 Å². The van der Waals surface area contributed by atoms with Crippen LogP contribution in [0.5, 0.6) is 0 Å². The number of carbonyl (C=O) groups excluding carboxylic acids is 1. The van der Waals surface area contributed by atoms with Crippen molar-refractivity contribution >= 4 is 14.0 Å². The molecule has 20 nitrogen and oxygen atoms in total. The van der Waals surface area contributed by atoms with Crippen LogP contribution in [0.4, 0.5) is 0 Å². The third-order valence-corrected chi connectivity index (χ3v) is 10.7. The van der Waals surface area contributed by atoms with Crippen molar-refractivity contribution in [2.45, 2.75) is 150 Å². The summed E-state index contributed by atoms with van der Waals surface area (Å²) in [4.78, 5) is 13.0. The van der Waals surface area contributed by atoms with Crippen molar-refractivity contribution in [2.24, 2.45) is 0 Å². The van der Waals surface area contributed by atoms with Crippen molar-refractivity contribution in [3.8, 4) is 0 Å². The fourth-order valence-electron chi connectivity index (χ4n) is 6.17. The summed E-state index contributed by atoms with van der Waals surface area (Å²) < 4.78 is 35.1. The lowest BCUT2D eigenvalue weighted by Gasteiger charge is -2.48. The molecule has 3 saturated heterocycles. The Morgan fingerprint density at radius 2 is 1.27 bits per heavy atom.